The minimum Gasteiger partial charge on any atom is -0.385 e. The fourth-order valence-electron chi connectivity index (χ4n) is 4.65. The van der Waals surface area contributed by atoms with Crippen LogP contribution >= 0.6 is 0 Å². The van der Waals surface area contributed by atoms with Crippen molar-refractivity contribution in [3.63, 3.8) is 0 Å². The second-order valence-corrected chi connectivity index (χ2v) is 9.17. The maximum atomic E-state index is 12.6. The number of benzene rings is 1. The summed E-state index contributed by atoms with van der Waals surface area (Å²) in [6, 6.07) is 8.07. The van der Waals surface area contributed by atoms with E-state index in [1.165, 1.54) is 38.5 Å². The Morgan fingerprint density at radius 3 is 2.65 bits per heavy atom. The second kappa shape index (κ2) is 12.1. The number of carbonyl (C=O) groups excluding carboxylic acids is 1. The Morgan fingerprint density at radius 2 is 1.97 bits per heavy atom. The average molecular weight is 429 g/mol. The summed E-state index contributed by atoms with van der Waals surface area (Å²) in [7, 11) is 1.77. The molecule has 0 radical (unpaired) electrons. The number of hydrogen-bond donors (Lipinski definition) is 3. The van der Waals surface area contributed by atoms with Crippen LogP contribution in [-0.4, -0.2) is 38.7 Å². The zero-order valence-corrected chi connectivity index (χ0v) is 19.3. The van der Waals surface area contributed by atoms with Crippen LogP contribution in [0.2, 0.25) is 0 Å². The largest absolute Gasteiger partial charge is 0.385 e. The van der Waals surface area contributed by atoms with Crippen molar-refractivity contribution in [1.82, 2.24) is 10.6 Å². The highest BCUT2D eigenvalue weighted by atomic mass is 16.5. The van der Waals surface area contributed by atoms with E-state index in [2.05, 4.69) is 28.9 Å². The van der Waals surface area contributed by atoms with E-state index in [4.69, 9.17) is 9.73 Å². The summed E-state index contributed by atoms with van der Waals surface area (Å²) in [5.41, 5.74) is 2.31. The molecular weight excluding hydrogens is 388 g/mol. The predicted molar refractivity (Wildman–Crippen MR) is 127 cm³/mol. The van der Waals surface area contributed by atoms with E-state index < -0.39 is 0 Å². The first-order valence-corrected chi connectivity index (χ1v) is 12.0. The number of anilines is 1. The van der Waals surface area contributed by atoms with Crippen LogP contribution in [0.5, 0.6) is 0 Å². The quantitative estimate of drug-likeness (QED) is 0.380. The zero-order chi connectivity index (χ0) is 21.9. The summed E-state index contributed by atoms with van der Waals surface area (Å²) in [6.07, 6.45) is 10.5. The summed E-state index contributed by atoms with van der Waals surface area (Å²) in [6.45, 7) is 5.24. The first-order valence-electron chi connectivity index (χ1n) is 12.0. The Labute approximate surface area is 187 Å². The highest BCUT2D eigenvalue weighted by Crippen LogP contribution is 2.43. The van der Waals surface area contributed by atoms with Crippen molar-refractivity contribution in [2.75, 3.05) is 32.1 Å². The maximum Gasteiger partial charge on any atom is 0.227 e. The number of methoxy groups -OCH3 is 1. The molecule has 2 aliphatic carbocycles. The molecule has 1 aromatic rings. The van der Waals surface area contributed by atoms with Crippen LogP contribution in [0.4, 0.5) is 5.69 Å². The molecule has 2 saturated carbocycles. The van der Waals surface area contributed by atoms with E-state index in [-0.39, 0.29) is 11.8 Å². The fourth-order valence-corrected chi connectivity index (χ4v) is 4.65. The molecule has 0 heterocycles. The van der Waals surface area contributed by atoms with Crippen molar-refractivity contribution in [2.45, 2.75) is 71.3 Å². The van der Waals surface area contributed by atoms with E-state index >= 15 is 0 Å². The van der Waals surface area contributed by atoms with E-state index in [0.29, 0.717) is 12.0 Å². The Hall–Kier alpha value is -2.08. The third-order valence-electron chi connectivity index (χ3n) is 6.82. The lowest BCUT2D eigenvalue weighted by molar-refractivity contribution is -0.120. The third-order valence-corrected chi connectivity index (χ3v) is 6.82. The van der Waals surface area contributed by atoms with Crippen molar-refractivity contribution in [1.29, 1.82) is 0 Å². The molecule has 31 heavy (non-hydrogen) atoms. The summed E-state index contributed by atoms with van der Waals surface area (Å²) >= 11 is 0. The Morgan fingerprint density at radius 1 is 1.16 bits per heavy atom. The topological polar surface area (TPSA) is 74.8 Å². The number of guanidine groups is 1. The zero-order valence-electron chi connectivity index (χ0n) is 19.3. The fraction of sp³-hybridized carbons (Fsp3) is 0.680. The van der Waals surface area contributed by atoms with Gasteiger partial charge in [-0.05, 0) is 62.1 Å². The van der Waals surface area contributed by atoms with Crippen LogP contribution in [-0.2, 0) is 16.1 Å². The van der Waals surface area contributed by atoms with Crippen molar-refractivity contribution in [2.24, 2.45) is 16.3 Å². The number of nitrogens with one attached hydrogen (secondary N) is 3. The summed E-state index contributed by atoms with van der Waals surface area (Å²) < 4.78 is 5.31. The van der Waals surface area contributed by atoms with Crippen molar-refractivity contribution in [3.05, 3.63) is 29.8 Å². The number of nitrogens with zero attached hydrogens (tertiary/aromatic N) is 1. The van der Waals surface area contributed by atoms with Gasteiger partial charge in [-0.1, -0.05) is 37.8 Å². The summed E-state index contributed by atoms with van der Waals surface area (Å²) in [5.74, 6) is 1.18. The molecule has 2 fully saturated rings. The van der Waals surface area contributed by atoms with E-state index in [9.17, 15) is 4.79 Å². The van der Waals surface area contributed by atoms with E-state index in [0.717, 1.165) is 56.2 Å². The average Bonchev–Trinajstić information content (AvgIpc) is 2.77. The van der Waals surface area contributed by atoms with Crippen LogP contribution < -0.4 is 16.0 Å². The lowest BCUT2D eigenvalue weighted by Crippen LogP contribution is -2.46. The first kappa shape index (κ1) is 23.6. The highest BCUT2D eigenvalue weighted by molar-refractivity contribution is 5.92. The van der Waals surface area contributed by atoms with Gasteiger partial charge in [-0.15, -0.1) is 0 Å². The first-order chi connectivity index (χ1) is 15.1. The summed E-state index contributed by atoms with van der Waals surface area (Å²) in [4.78, 5) is 17.3. The number of aliphatic imine (C=N–C) groups is 1. The van der Waals surface area contributed by atoms with Gasteiger partial charge in [-0.25, -0.2) is 4.99 Å². The molecule has 0 aromatic heterocycles. The van der Waals surface area contributed by atoms with Gasteiger partial charge in [0.1, 0.15) is 0 Å². The van der Waals surface area contributed by atoms with Crippen molar-refractivity contribution in [3.8, 4) is 0 Å². The van der Waals surface area contributed by atoms with Crippen LogP contribution in [0.15, 0.2) is 29.3 Å². The molecule has 3 N–H and O–H groups in total. The monoisotopic (exact) mass is 428 g/mol. The minimum atomic E-state index is 0.164. The van der Waals surface area contributed by atoms with Gasteiger partial charge < -0.3 is 20.7 Å². The van der Waals surface area contributed by atoms with Crippen molar-refractivity contribution < 1.29 is 9.53 Å². The SMILES string of the molecule is CCNC(=NCc1cccc(NC(=O)C2CCCCC2)c1)NCC1(CCOC)CCC1. The van der Waals surface area contributed by atoms with Gasteiger partial charge in [0, 0.05) is 38.4 Å². The molecule has 0 spiro atoms. The van der Waals surface area contributed by atoms with Gasteiger partial charge in [-0.2, -0.15) is 0 Å². The lowest BCUT2D eigenvalue weighted by atomic mass is 9.67. The van der Waals surface area contributed by atoms with E-state index in [1.807, 2.05) is 18.2 Å². The molecular formula is C25H40N4O2. The van der Waals surface area contributed by atoms with Gasteiger partial charge in [-0.3, -0.25) is 4.79 Å². The van der Waals surface area contributed by atoms with Gasteiger partial charge in [0.15, 0.2) is 5.96 Å². The molecule has 2 aliphatic rings. The smallest absolute Gasteiger partial charge is 0.227 e. The van der Waals surface area contributed by atoms with Crippen LogP contribution in [0.1, 0.15) is 70.3 Å². The molecule has 0 saturated heterocycles. The van der Waals surface area contributed by atoms with E-state index in [1.54, 1.807) is 7.11 Å². The van der Waals surface area contributed by atoms with Crippen molar-refractivity contribution >= 4 is 17.6 Å². The van der Waals surface area contributed by atoms with Crippen LogP contribution in [0.3, 0.4) is 0 Å². The molecule has 172 valence electrons. The molecule has 1 aromatic carbocycles. The number of ether oxygens (including phenoxy) is 1. The molecule has 0 bridgehead atoms. The van der Waals surface area contributed by atoms with Gasteiger partial charge >= 0.3 is 0 Å². The number of amides is 1. The third kappa shape index (κ3) is 7.23. The number of hydrogen-bond acceptors (Lipinski definition) is 3. The van der Waals surface area contributed by atoms with Gasteiger partial charge in [0.2, 0.25) is 5.91 Å². The number of rotatable bonds is 10. The second-order valence-electron chi connectivity index (χ2n) is 9.17. The molecule has 0 atom stereocenters. The lowest BCUT2D eigenvalue weighted by Gasteiger charge is -2.42. The molecule has 0 aliphatic heterocycles. The van der Waals surface area contributed by atoms with Gasteiger partial charge in [0.25, 0.3) is 0 Å². The normalized spacial score (nSPS) is 18.8. The maximum absolute atomic E-state index is 12.6. The number of carbonyl (C=O) groups is 1. The Balaban J connectivity index is 1.55. The molecule has 6 nitrogen and oxygen atoms in total. The highest BCUT2D eigenvalue weighted by Gasteiger charge is 2.36. The Bertz CT molecular complexity index is 724. The predicted octanol–water partition coefficient (Wildman–Crippen LogP) is 4.47. The molecule has 1 amide bonds. The summed E-state index contributed by atoms with van der Waals surface area (Å²) in [5, 5.41) is 10.0. The van der Waals surface area contributed by atoms with Crippen LogP contribution in [0.25, 0.3) is 0 Å². The standard InChI is InChI=1S/C25H40N4O2/c1-3-26-24(28-19-25(13-8-14-25)15-16-31-2)27-18-20-9-7-12-22(17-20)29-23(30)21-10-5-4-6-11-21/h7,9,12,17,21H,3-6,8,10-11,13-16,18-19H2,1-2H3,(H,29,30)(H2,26,27,28). The molecule has 3 rings (SSSR count). The Kier molecular flexibility index (Phi) is 9.19. The van der Waals surface area contributed by atoms with Crippen LogP contribution in [0, 0.1) is 11.3 Å². The minimum absolute atomic E-state index is 0.164. The van der Waals surface area contributed by atoms with Gasteiger partial charge in [0.05, 0.1) is 6.54 Å². The molecule has 0 unspecified atom stereocenters. The molecule has 6 heteroatoms.